The summed E-state index contributed by atoms with van der Waals surface area (Å²) in [4.78, 5) is 37.4. The number of carbonyl (C=O) groups excluding carboxylic acids is 3. The lowest BCUT2D eigenvalue weighted by Gasteiger charge is -2.18. The molecule has 47 heavy (non-hydrogen) atoms. The van der Waals surface area contributed by atoms with Crippen LogP contribution in [0.4, 0.5) is 0 Å². The molecule has 0 fully saturated rings. The molecule has 0 unspecified atom stereocenters. The standard InChI is InChI=1S/C41H78O6/c1-4-7-10-13-16-19-22-25-28-31-34-40(43)46-37-38(36-45-39(42)33-30-27-24-21-18-15-12-9-6-3)47-41(44)35-32-29-26-23-20-17-14-11-8-5-2/h38H,4-37H2,1-3H3/t38-/m1/s1. The number of hydrogen-bond acceptors (Lipinski definition) is 6. The monoisotopic (exact) mass is 667 g/mol. The van der Waals surface area contributed by atoms with Crippen molar-refractivity contribution in [2.75, 3.05) is 13.2 Å². The predicted molar refractivity (Wildman–Crippen MR) is 197 cm³/mol. The molecule has 0 aliphatic rings. The average Bonchev–Trinajstić information content (AvgIpc) is 3.06. The van der Waals surface area contributed by atoms with Crippen molar-refractivity contribution < 1.29 is 28.6 Å². The average molecular weight is 667 g/mol. The van der Waals surface area contributed by atoms with E-state index >= 15 is 0 Å². The van der Waals surface area contributed by atoms with Gasteiger partial charge in [0.2, 0.25) is 0 Å². The zero-order valence-electron chi connectivity index (χ0n) is 31.6. The molecule has 0 aliphatic heterocycles. The highest BCUT2D eigenvalue weighted by atomic mass is 16.6. The number of unbranched alkanes of at least 4 members (excludes halogenated alkanes) is 26. The Balaban J connectivity index is 4.34. The van der Waals surface area contributed by atoms with Crippen LogP contribution in [0, 0.1) is 0 Å². The Bertz CT molecular complexity index is 693. The molecule has 278 valence electrons. The zero-order chi connectivity index (χ0) is 34.5. The topological polar surface area (TPSA) is 78.9 Å². The van der Waals surface area contributed by atoms with Gasteiger partial charge >= 0.3 is 17.9 Å². The number of rotatable bonds is 37. The Hall–Kier alpha value is -1.59. The van der Waals surface area contributed by atoms with Crippen LogP contribution in [0.15, 0.2) is 0 Å². The quantitative estimate of drug-likeness (QED) is 0.0373. The second-order valence-electron chi connectivity index (χ2n) is 13.9. The Morgan fingerprint density at radius 3 is 0.851 bits per heavy atom. The summed E-state index contributed by atoms with van der Waals surface area (Å²) in [5, 5.41) is 0. The van der Waals surface area contributed by atoms with Gasteiger partial charge in [0.15, 0.2) is 6.10 Å². The molecule has 6 nitrogen and oxygen atoms in total. The molecule has 1 atom stereocenters. The van der Waals surface area contributed by atoms with Crippen molar-refractivity contribution in [3.8, 4) is 0 Å². The van der Waals surface area contributed by atoms with Gasteiger partial charge in [0.05, 0.1) is 0 Å². The first kappa shape index (κ1) is 45.4. The normalized spacial score (nSPS) is 11.8. The van der Waals surface area contributed by atoms with Gasteiger partial charge in [-0.1, -0.05) is 188 Å². The van der Waals surface area contributed by atoms with Crippen molar-refractivity contribution in [3.63, 3.8) is 0 Å². The van der Waals surface area contributed by atoms with E-state index in [1.165, 1.54) is 128 Å². The third-order valence-corrected chi connectivity index (χ3v) is 9.11. The van der Waals surface area contributed by atoms with Crippen molar-refractivity contribution in [2.24, 2.45) is 0 Å². The molecule has 0 aliphatic carbocycles. The molecule has 0 rings (SSSR count). The molecule has 0 amide bonds. The first-order valence-corrected chi connectivity index (χ1v) is 20.5. The summed E-state index contributed by atoms with van der Waals surface area (Å²) < 4.78 is 16.6. The van der Waals surface area contributed by atoms with Gasteiger partial charge in [-0.05, 0) is 19.3 Å². The third-order valence-electron chi connectivity index (χ3n) is 9.11. The molecule has 0 aromatic carbocycles. The summed E-state index contributed by atoms with van der Waals surface area (Å²) in [6.45, 7) is 6.59. The van der Waals surface area contributed by atoms with Crippen LogP contribution >= 0.6 is 0 Å². The largest absolute Gasteiger partial charge is 0.462 e. The second kappa shape index (κ2) is 37.2. The van der Waals surface area contributed by atoms with Gasteiger partial charge in [0.25, 0.3) is 0 Å². The third kappa shape index (κ3) is 35.5. The molecule has 0 aromatic rings. The minimum atomic E-state index is -0.755. The van der Waals surface area contributed by atoms with Crippen molar-refractivity contribution >= 4 is 17.9 Å². The maximum atomic E-state index is 12.6. The Kier molecular flexibility index (Phi) is 36.0. The van der Waals surface area contributed by atoms with Crippen molar-refractivity contribution in [2.45, 2.75) is 232 Å². The van der Waals surface area contributed by atoms with Gasteiger partial charge in [0, 0.05) is 19.3 Å². The first-order chi connectivity index (χ1) is 23.0. The van der Waals surface area contributed by atoms with Gasteiger partial charge in [-0.15, -0.1) is 0 Å². The number of carbonyl (C=O) groups is 3. The molecule has 0 saturated carbocycles. The Morgan fingerprint density at radius 1 is 0.340 bits per heavy atom. The minimum Gasteiger partial charge on any atom is -0.462 e. The van der Waals surface area contributed by atoms with Crippen molar-refractivity contribution in [1.82, 2.24) is 0 Å². The minimum absolute atomic E-state index is 0.0638. The van der Waals surface area contributed by atoms with E-state index in [4.69, 9.17) is 14.2 Å². The molecule has 0 spiro atoms. The smallest absolute Gasteiger partial charge is 0.306 e. The molecule has 0 radical (unpaired) electrons. The van der Waals surface area contributed by atoms with Crippen molar-refractivity contribution in [3.05, 3.63) is 0 Å². The van der Waals surface area contributed by atoms with Crippen LogP contribution in [0.5, 0.6) is 0 Å². The van der Waals surface area contributed by atoms with E-state index in [9.17, 15) is 14.4 Å². The molecule has 0 N–H and O–H groups in total. The Labute approximate surface area is 291 Å². The highest BCUT2D eigenvalue weighted by molar-refractivity contribution is 5.71. The highest BCUT2D eigenvalue weighted by Crippen LogP contribution is 2.15. The maximum absolute atomic E-state index is 12.6. The fourth-order valence-electron chi connectivity index (χ4n) is 5.97. The number of hydrogen-bond donors (Lipinski definition) is 0. The molecule has 0 bridgehead atoms. The second-order valence-corrected chi connectivity index (χ2v) is 13.9. The SMILES string of the molecule is CCCCCCCCCCCCC(=O)OC[C@@H](COC(=O)CCCCCCCCCCC)OC(=O)CCCCCCCCCCCC. The van der Waals surface area contributed by atoms with E-state index < -0.39 is 6.10 Å². The van der Waals surface area contributed by atoms with Crippen LogP contribution in [-0.4, -0.2) is 37.2 Å². The highest BCUT2D eigenvalue weighted by Gasteiger charge is 2.19. The molecular weight excluding hydrogens is 588 g/mol. The van der Waals surface area contributed by atoms with E-state index in [2.05, 4.69) is 20.8 Å². The van der Waals surface area contributed by atoms with E-state index in [0.717, 1.165) is 57.8 Å². The lowest BCUT2D eigenvalue weighted by molar-refractivity contribution is -0.167. The van der Waals surface area contributed by atoms with E-state index in [0.29, 0.717) is 19.3 Å². The van der Waals surface area contributed by atoms with Gasteiger partial charge < -0.3 is 14.2 Å². The molecular formula is C41H78O6. The van der Waals surface area contributed by atoms with E-state index in [1.54, 1.807) is 0 Å². The number of ether oxygens (including phenoxy) is 3. The summed E-state index contributed by atoms with van der Waals surface area (Å²) in [6.07, 6.45) is 35.1. The summed E-state index contributed by atoms with van der Waals surface area (Å²) >= 11 is 0. The number of esters is 3. The fourth-order valence-corrected chi connectivity index (χ4v) is 5.97. The van der Waals surface area contributed by atoms with Crippen LogP contribution in [0.25, 0.3) is 0 Å². The van der Waals surface area contributed by atoms with Crippen LogP contribution in [-0.2, 0) is 28.6 Å². The van der Waals surface area contributed by atoms with Gasteiger partial charge in [-0.2, -0.15) is 0 Å². The van der Waals surface area contributed by atoms with Crippen molar-refractivity contribution in [1.29, 1.82) is 0 Å². The molecule has 0 aromatic heterocycles. The summed E-state index contributed by atoms with van der Waals surface area (Å²) in [6, 6.07) is 0. The summed E-state index contributed by atoms with van der Waals surface area (Å²) in [5.74, 6) is -0.864. The molecule has 6 heteroatoms. The summed E-state index contributed by atoms with van der Waals surface area (Å²) in [7, 11) is 0. The van der Waals surface area contributed by atoms with Gasteiger partial charge in [0.1, 0.15) is 13.2 Å². The van der Waals surface area contributed by atoms with E-state index in [1.807, 2.05) is 0 Å². The van der Waals surface area contributed by atoms with E-state index in [-0.39, 0.29) is 31.1 Å². The maximum Gasteiger partial charge on any atom is 0.306 e. The lowest BCUT2D eigenvalue weighted by atomic mass is 10.1. The zero-order valence-corrected chi connectivity index (χ0v) is 31.6. The first-order valence-electron chi connectivity index (χ1n) is 20.5. The molecule has 0 heterocycles. The predicted octanol–water partition coefficient (Wildman–Crippen LogP) is 12.5. The van der Waals surface area contributed by atoms with Crippen LogP contribution in [0.2, 0.25) is 0 Å². The van der Waals surface area contributed by atoms with Crippen LogP contribution in [0.3, 0.4) is 0 Å². The molecule has 0 saturated heterocycles. The summed E-state index contributed by atoms with van der Waals surface area (Å²) in [5.41, 5.74) is 0. The lowest BCUT2D eigenvalue weighted by Crippen LogP contribution is -2.30. The van der Waals surface area contributed by atoms with Crippen LogP contribution < -0.4 is 0 Å². The Morgan fingerprint density at radius 2 is 0.574 bits per heavy atom. The van der Waals surface area contributed by atoms with Gasteiger partial charge in [-0.3, -0.25) is 14.4 Å². The van der Waals surface area contributed by atoms with Crippen LogP contribution in [0.1, 0.15) is 226 Å². The van der Waals surface area contributed by atoms with Gasteiger partial charge in [-0.25, -0.2) is 0 Å². The fraction of sp³-hybridized carbons (Fsp3) is 0.927.